The van der Waals surface area contributed by atoms with Crippen LogP contribution >= 0.6 is 11.3 Å². The Morgan fingerprint density at radius 3 is 2.94 bits per heavy atom. The highest BCUT2D eigenvalue weighted by Crippen LogP contribution is 2.31. The second-order valence-electron chi connectivity index (χ2n) is 4.43. The molecule has 3 nitrogen and oxygen atoms in total. The molecule has 16 heavy (non-hydrogen) atoms. The maximum Gasteiger partial charge on any atom is 0.304 e. The van der Waals surface area contributed by atoms with Gasteiger partial charge in [-0.1, -0.05) is 6.07 Å². The van der Waals surface area contributed by atoms with E-state index in [1.165, 1.54) is 17.7 Å². The van der Waals surface area contributed by atoms with Crippen molar-refractivity contribution in [2.75, 3.05) is 0 Å². The first kappa shape index (κ1) is 11.6. The largest absolute Gasteiger partial charge is 0.481 e. The zero-order valence-corrected chi connectivity index (χ0v) is 10.2. The maximum atomic E-state index is 10.7. The Bertz CT molecular complexity index is 346. The summed E-state index contributed by atoms with van der Waals surface area (Å²) in [5, 5.41) is 10.9. The van der Waals surface area contributed by atoms with Crippen molar-refractivity contribution in [3.05, 3.63) is 22.4 Å². The van der Waals surface area contributed by atoms with Gasteiger partial charge in [0.05, 0.1) is 6.42 Å². The van der Waals surface area contributed by atoms with Gasteiger partial charge in [0.1, 0.15) is 0 Å². The Labute approximate surface area is 99.7 Å². The molecule has 1 N–H and O–H groups in total. The summed E-state index contributed by atoms with van der Waals surface area (Å²) >= 11 is 1.74. The number of rotatable bonds is 6. The zero-order chi connectivity index (χ0) is 11.5. The van der Waals surface area contributed by atoms with Crippen molar-refractivity contribution in [2.45, 2.75) is 44.8 Å². The van der Waals surface area contributed by atoms with Gasteiger partial charge in [0.15, 0.2) is 0 Å². The Morgan fingerprint density at radius 1 is 1.69 bits per heavy atom. The molecule has 1 unspecified atom stereocenters. The average molecular weight is 239 g/mol. The fourth-order valence-corrected chi connectivity index (χ4v) is 2.72. The smallest absolute Gasteiger partial charge is 0.304 e. The molecule has 1 aliphatic carbocycles. The zero-order valence-electron chi connectivity index (χ0n) is 9.43. The number of carbonyl (C=O) groups is 1. The molecule has 0 aliphatic heterocycles. The Balaban J connectivity index is 1.96. The van der Waals surface area contributed by atoms with Crippen molar-refractivity contribution >= 4 is 17.3 Å². The van der Waals surface area contributed by atoms with Crippen molar-refractivity contribution in [1.82, 2.24) is 4.90 Å². The fourth-order valence-electron chi connectivity index (χ4n) is 2.00. The third kappa shape index (κ3) is 3.06. The van der Waals surface area contributed by atoms with E-state index < -0.39 is 5.97 Å². The topological polar surface area (TPSA) is 40.5 Å². The highest BCUT2D eigenvalue weighted by molar-refractivity contribution is 7.09. The van der Waals surface area contributed by atoms with Crippen LogP contribution < -0.4 is 0 Å². The van der Waals surface area contributed by atoms with E-state index in [0.29, 0.717) is 6.04 Å². The monoisotopic (exact) mass is 239 g/mol. The highest BCUT2D eigenvalue weighted by Gasteiger charge is 2.32. The molecule has 1 atom stereocenters. The van der Waals surface area contributed by atoms with Crippen molar-refractivity contribution in [3.8, 4) is 0 Å². The molecule has 0 amide bonds. The summed E-state index contributed by atoms with van der Waals surface area (Å²) in [5.74, 6) is -0.704. The van der Waals surface area contributed by atoms with Gasteiger partial charge < -0.3 is 5.11 Å². The summed E-state index contributed by atoms with van der Waals surface area (Å²) in [6.45, 7) is 2.91. The average Bonchev–Trinajstić information content (AvgIpc) is 2.91. The van der Waals surface area contributed by atoms with Crippen LogP contribution in [0.25, 0.3) is 0 Å². The Kier molecular flexibility index (Phi) is 3.61. The van der Waals surface area contributed by atoms with E-state index in [4.69, 9.17) is 5.11 Å². The van der Waals surface area contributed by atoms with E-state index >= 15 is 0 Å². The van der Waals surface area contributed by atoms with E-state index in [1.807, 2.05) is 13.0 Å². The van der Waals surface area contributed by atoms with Crippen LogP contribution in [0.4, 0.5) is 0 Å². The number of hydrogen-bond acceptors (Lipinski definition) is 3. The molecule has 1 heterocycles. The molecule has 0 bridgehead atoms. The predicted octanol–water partition coefficient (Wildman–Crippen LogP) is 2.58. The van der Waals surface area contributed by atoms with Gasteiger partial charge in [-0.2, -0.15) is 0 Å². The second-order valence-corrected chi connectivity index (χ2v) is 5.46. The highest BCUT2D eigenvalue weighted by atomic mass is 32.1. The standard InChI is InChI=1S/C12H17NO2S/c1-9(7-12(14)15)13(10-4-5-10)8-11-3-2-6-16-11/h2-3,6,9-10H,4-5,7-8H2,1H3,(H,14,15). The number of nitrogens with zero attached hydrogens (tertiary/aromatic N) is 1. The lowest BCUT2D eigenvalue weighted by molar-refractivity contribution is -0.138. The van der Waals surface area contributed by atoms with Gasteiger partial charge >= 0.3 is 5.97 Å². The van der Waals surface area contributed by atoms with Crippen LogP contribution in [-0.4, -0.2) is 28.1 Å². The minimum absolute atomic E-state index is 0.132. The van der Waals surface area contributed by atoms with Gasteiger partial charge in [-0.15, -0.1) is 11.3 Å². The lowest BCUT2D eigenvalue weighted by Gasteiger charge is -2.27. The maximum absolute atomic E-state index is 10.7. The summed E-state index contributed by atoms with van der Waals surface area (Å²) in [4.78, 5) is 14.4. The number of hydrogen-bond donors (Lipinski definition) is 1. The first-order valence-corrected chi connectivity index (χ1v) is 6.54. The summed E-state index contributed by atoms with van der Waals surface area (Å²) in [5.41, 5.74) is 0. The molecule has 1 aromatic rings. The van der Waals surface area contributed by atoms with Crippen LogP contribution in [0.1, 0.15) is 31.1 Å². The molecule has 0 radical (unpaired) electrons. The number of aliphatic carboxylic acids is 1. The van der Waals surface area contributed by atoms with E-state index in [-0.39, 0.29) is 12.5 Å². The summed E-state index contributed by atoms with van der Waals surface area (Å²) < 4.78 is 0. The van der Waals surface area contributed by atoms with Crippen LogP contribution in [-0.2, 0) is 11.3 Å². The number of carboxylic acids is 1. The van der Waals surface area contributed by atoms with E-state index in [2.05, 4.69) is 16.3 Å². The Hall–Kier alpha value is -0.870. The SMILES string of the molecule is CC(CC(=O)O)N(Cc1cccs1)C1CC1. The van der Waals surface area contributed by atoms with Crippen molar-refractivity contribution in [2.24, 2.45) is 0 Å². The molecule has 0 saturated heterocycles. The van der Waals surface area contributed by atoms with Crippen LogP contribution in [0.5, 0.6) is 0 Å². The third-order valence-electron chi connectivity index (χ3n) is 2.97. The van der Waals surface area contributed by atoms with Crippen LogP contribution in [0.15, 0.2) is 17.5 Å². The molecule has 1 saturated carbocycles. The van der Waals surface area contributed by atoms with E-state index in [1.54, 1.807) is 11.3 Å². The first-order valence-electron chi connectivity index (χ1n) is 5.66. The summed E-state index contributed by atoms with van der Waals surface area (Å²) in [7, 11) is 0. The molecule has 0 spiro atoms. The van der Waals surface area contributed by atoms with Gasteiger partial charge in [0.2, 0.25) is 0 Å². The van der Waals surface area contributed by atoms with Crippen LogP contribution in [0.3, 0.4) is 0 Å². The van der Waals surface area contributed by atoms with Crippen LogP contribution in [0.2, 0.25) is 0 Å². The third-order valence-corrected chi connectivity index (χ3v) is 3.83. The molecule has 1 fully saturated rings. The fraction of sp³-hybridized carbons (Fsp3) is 0.583. The van der Waals surface area contributed by atoms with Gasteiger partial charge in [-0.3, -0.25) is 9.69 Å². The van der Waals surface area contributed by atoms with Gasteiger partial charge in [-0.05, 0) is 31.2 Å². The molecule has 4 heteroatoms. The van der Waals surface area contributed by atoms with Crippen molar-refractivity contribution in [1.29, 1.82) is 0 Å². The predicted molar refractivity (Wildman–Crippen MR) is 64.6 cm³/mol. The molecule has 1 aromatic heterocycles. The lowest BCUT2D eigenvalue weighted by atomic mass is 10.2. The second kappa shape index (κ2) is 4.97. The quantitative estimate of drug-likeness (QED) is 0.829. The lowest BCUT2D eigenvalue weighted by Crippen LogP contribution is -2.35. The molecule has 0 aromatic carbocycles. The summed E-state index contributed by atoms with van der Waals surface area (Å²) in [6, 6.07) is 4.91. The van der Waals surface area contributed by atoms with Crippen molar-refractivity contribution in [3.63, 3.8) is 0 Å². The molecule has 88 valence electrons. The number of carboxylic acid groups (broad SMARTS) is 1. The molecule has 2 rings (SSSR count). The normalized spacial score (nSPS) is 17.6. The van der Waals surface area contributed by atoms with Crippen LogP contribution in [0, 0.1) is 0 Å². The molecule has 1 aliphatic rings. The molecular weight excluding hydrogens is 222 g/mol. The van der Waals surface area contributed by atoms with Gasteiger partial charge in [0, 0.05) is 23.5 Å². The number of thiophene rings is 1. The minimum atomic E-state index is -0.704. The van der Waals surface area contributed by atoms with Gasteiger partial charge in [-0.25, -0.2) is 0 Å². The summed E-state index contributed by atoms with van der Waals surface area (Å²) in [6.07, 6.45) is 2.67. The van der Waals surface area contributed by atoms with E-state index in [0.717, 1.165) is 6.54 Å². The van der Waals surface area contributed by atoms with Gasteiger partial charge in [0.25, 0.3) is 0 Å². The van der Waals surface area contributed by atoms with E-state index in [9.17, 15) is 4.79 Å². The van der Waals surface area contributed by atoms with Crippen molar-refractivity contribution < 1.29 is 9.90 Å². The first-order chi connectivity index (χ1) is 7.66. The minimum Gasteiger partial charge on any atom is -0.481 e. The Morgan fingerprint density at radius 2 is 2.44 bits per heavy atom. The molecular formula is C12H17NO2S.